The van der Waals surface area contributed by atoms with Crippen LogP contribution in [-0.2, 0) is 14.8 Å². The van der Waals surface area contributed by atoms with E-state index in [-0.39, 0.29) is 10.8 Å². The predicted molar refractivity (Wildman–Crippen MR) is 98.2 cm³/mol. The third-order valence-electron chi connectivity index (χ3n) is 4.30. The molecule has 0 spiro atoms. The Morgan fingerprint density at radius 1 is 1.16 bits per heavy atom. The number of hydrogen-bond acceptors (Lipinski definition) is 3. The Morgan fingerprint density at radius 2 is 1.84 bits per heavy atom. The maximum atomic E-state index is 13.0. The van der Waals surface area contributed by atoms with E-state index >= 15 is 0 Å². The second-order valence-corrected chi connectivity index (χ2v) is 8.33. The highest BCUT2D eigenvalue weighted by atomic mass is 35.5. The van der Waals surface area contributed by atoms with Gasteiger partial charge in [-0.25, -0.2) is 8.42 Å². The van der Waals surface area contributed by atoms with Gasteiger partial charge >= 0.3 is 0 Å². The zero-order valence-electron chi connectivity index (χ0n) is 13.8. The maximum Gasteiger partial charge on any atom is 0.244 e. The number of anilines is 1. The summed E-state index contributed by atoms with van der Waals surface area (Å²) in [4.78, 5) is 12.9. The third kappa shape index (κ3) is 3.71. The average molecular weight is 379 g/mol. The summed E-state index contributed by atoms with van der Waals surface area (Å²) in [6.45, 7) is 2.10. The predicted octanol–water partition coefficient (Wildman–Crippen LogP) is 3.44. The van der Waals surface area contributed by atoms with Crippen LogP contribution in [0.25, 0.3) is 0 Å². The molecule has 7 heteroatoms. The van der Waals surface area contributed by atoms with Crippen LogP contribution in [-0.4, -0.2) is 31.2 Å². The zero-order valence-corrected chi connectivity index (χ0v) is 15.3. The lowest BCUT2D eigenvalue weighted by molar-refractivity contribution is -0.119. The quantitative estimate of drug-likeness (QED) is 0.886. The van der Waals surface area contributed by atoms with Crippen LogP contribution in [0.4, 0.5) is 5.69 Å². The number of amides is 1. The van der Waals surface area contributed by atoms with E-state index in [1.54, 1.807) is 55.5 Å². The lowest BCUT2D eigenvalue weighted by atomic mass is 10.2. The van der Waals surface area contributed by atoms with Crippen LogP contribution in [0, 0.1) is 6.92 Å². The van der Waals surface area contributed by atoms with Crippen LogP contribution in [0.1, 0.15) is 18.4 Å². The number of carbonyl (C=O) groups is 1. The fourth-order valence-corrected chi connectivity index (χ4v) is 5.03. The molecule has 0 unspecified atom stereocenters. The molecule has 1 heterocycles. The Hall–Kier alpha value is -1.89. The first kappa shape index (κ1) is 17.9. The highest BCUT2D eigenvalue weighted by Gasteiger charge is 2.39. The van der Waals surface area contributed by atoms with Gasteiger partial charge in [0.2, 0.25) is 15.9 Å². The minimum absolute atomic E-state index is 0.251. The molecule has 1 amide bonds. The number of halogens is 1. The molecule has 2 aromatic carbocycles. The third-order valence-corrected chi connectivity index (χ3v) is 6.62. The lowest BCUT2D eigenvalue weighted by Gasteiger charge is -2.24. The fraction of sp³-hybridized carbons (Fsp3) is 0.278. The van der Waals surface area contributed by atoms with E-state index in [2.05, 4.69) is 5.32 Å². The van der Waals surface area contributed by atoms with Crippen molar-refractivity contribution in [2.75, 3.05) is 11.9 Å². The Labute approximate surface area is 152 Å². The molecule has 0 bridgehead atoms. The summed E-state index contributed by atoms with van der Waals surface area (Å²) < 4.78 is 27.3. The normalized spacial score (nSPS) is 18.2. The van der Waals surface area contributed by atoms with Crippen LogP contribution in [0.5, 0.6) is 0 Å². The van der Waals surface area contributed by atoms with Gasteiger partial charge in [-0.1, -0.05) is 29.8 Å². The molecule has 5 nitrogen and oxygen atoms in total. The van der Waals surface area contributed by atoms with Crippen molar-refractivity contribution in [1.82, 2.24) is 4.31 Å². The van der Waals surface area contributed by atoms with E-state index < -0.39 is 16.1 Å². The van der Waals surface area contributed by atoms with Crippen molar-refractivity contribution in [3.63, 3.8) is 0 Å². The van der Waals surface area contributed by atoms with Crippen molar-refractivity contribution >= 4 is 33.2 Å². The number of sulfonamides is 1. The molecule has 132 valence electrons. The smallest absolute Gasteiger partial charge is 0.244 e. The second kappa shape index (κ2) is 7.15. The summed E-state index contributed by atoms with van der Waals surface area (Å²) in [6, 6.07) is 12.8. The molecular weight excluding hydrogens is 360 g/mol. The minimum atomic E-state index is -3.71. The monoisotopic (exact) mass is 378 g/mol. The first-order valence-electron chi connectivity index (χ1n) is 8.03. The molecule has 3 rings (SSSR count). The molecule has 1 fully saturated rings. The topological polar surface area (TPSA) is 66.5 Å². The number of aryl methyl sites for hydroxylation is 1. The molecule has 2 aromatic rings. The van der Waals surface area contributed by atoms with Gasteiger partial charge in [0.25, 0.3) is 0 Å². The van der Waals surface area contributed by atoms with Gasteiger partial charge in [0, 0.05) is 17.3 Å². The molecule has 1 N–H and O–H groups in total. The molecular formula is C18H19ClN2O3S. The lowest BCUT2D eigenvalue weighted by Crippen LogP contribution is -2.43. The van der Waals surface area contributed by atoms with Crippen LogP contribution in [0.2, 0.25) is 5.02 Å². The number of carbonyl (C=O) groups excluding carboxylic acids is 1. The van der Waals surface area contributed by atoms with Crippen molar-refractivity contribution in [3.8, 4) is 0 Å². The number of nitrogens with zero attached hydrogens (tertiary/aromatic N) is 1. The van der Waals surface area contributed by atoms with Gasteiger partial charge in [0.15, 0.2) is 0 Å². The van der Waals surface area contributed by atoms with Crippen LogP contribution in [0.15, 0.2) is 53.4 Å². The van der Waals surface area contributed by atoms with E-state index in [0.29, 0.717) is 35.7 Å². The SMILES string of the molecule is Cc1ccccc1S(=O)(=O)N1CCC[C@H]1C(=O)Nc1ccc(Cl)cc1. The number of rotatable bonds is 4. The molecule has 0 radical (unpaired) electrons. The molecule has 25 heavy (non-hydrogen) atoms. The summed E-state index contributed by atoms with van der Waals surface area (Å²) in [7, 11) is -3.71. The van der Waals surface area contributed by atoms with E-state index in [9.17, 15) is 13.2 Å². The Kier molecular flexibility index (Phi) is 5.13. The van der Waals surface area contributed by atoms with Gasteiger partial charge in [0.1, 0.15) is 6.04 Å². The fourth-order valence-electron chi connectivity index (χ4n) is 3.02. The highest BCUT2D eigenvalue weighted by molar-refractivity contribution is 7.89. The van der Waals surface area contributed by atoms with Gasteiger partial charge in [-0.3, -0.25) is 4.79 Å². The van der Waals surface area contributed by atoms with Crippen LogP contribution < -0.4 is 5.32 Å². The van der Waals surface area contributed by atoms with Crippen molar-refractivity contribution in [3.05, 3.63) is 59.1 Å². The first-order chi connectivity index (χ1) is 11.9. The maximum absolute atomic E-state index is 13.0. The van der Waals surface area contributed by atoms with Crippen molar-refractivity contribution in [2.45, 2.75) is 30.7 Å². The van der Waals surface area contributed by atoms with E-state index in [1.165, 1.54) is 4.31 Å². The first-order valence-corrected chi connectivity index (χ1v) is 9.85. The molecule has 0 aliphatic carbocycles. The molecule has 1 aliphatic heterocycles. The molecule has 1 atom stereocenters. The largest absolute Gasteiger partial charge is 0.325 e. The van der Waals surface area contributed by atoms with Gasteiger partial charge in [-0.2, -0.15) is 4.31 Å². The van der Waals surface area contributed by atoms with Gasteiger partial charge in [-0.15, -0.1) is 0 Å². The van der Waals surface area contributed by atoms with Crippen molar-refractivity contribution in [2.24, 2.45) is 0 Å². The Bertz CT molecular complexity index is 881. The van der Waals surface area contributed by atoms with Crippen molar-refractivity contribution < 1.29 is 13.2 Å². The van der Waals surface area contributed by atoms with Gasteiger partial charge in [-0.05, 0) is 55.7 Å². The van der Waals surface area contributed by atoms with Crippen LogP contribution >= 0.6 is 11.6 Å². The van der Waals surface area contributed by atoms with E-state index in [0.717, 1.165) is 0 Å². The standard InChI is InChI=1S/C18H19ClN2O3S/c1-13-5-2-3-7-17(13)25(23,24)21-12-4-6-16(21)18(22)20-15-10-8-14(19)9-11-15/h2-3,5,7-11,16H,4,6,12H2,1H3,(H,20,22)/t16-/m0/s1. The summed E-state index contributed by atoms with van der Waals surface area (Å²) in [5, 5.41) is 3.35. The van der Waals surface area contributed by atoms with E-state index in [1.807, 2.05) is 0 Å². The minimum Gasteiger partial charge on any atom is -0.325 e. The summed E-state index contributed by atoms with van der Waals surface area (Å²) in [6.07, 6.45) is 1.16. The molecule has 1 saturated heterocycles. The Balaban J connectivity index is 1.83. The number of nitrogens with one attached hydrogen (secondary N) is 1. The van der Waals surface area contributed by atoms with Crippen LogP contribution in [0.3, 0.4) is 0 Å². The van der Waals surface area contributed by atoms with Gasteiger partial charge in [0.05, 0.1) is 4.90 Å². The number of hydrogen-bond donors (Lipinski definition) is 1. The summed E-state index contributed by atoms with van der Waals surface area (Å²) in [5.74, 6) is -0.322. The molecule has 1 aliphatic rings. The van der Waals surface area contributed by atoms with Crippen molar-refractivity contribution in [1.29, 1.82) is 0 Å². The average Bonchev–Trinajstić information content (AvgIpc) is 3.08. The Morgan fingerprint density at radius 3 is 2.52 bits per heavy atom. The van der Waals surface area contributed by atoms with Gasteiger partial charge < -0.3 is 5.32 Å². The molecule has 0 aromatic heterocycles. The molecule has 0 saturated carbocycles. The summed E-state index contributed by atoms with van der Waals surface area (Å²) in [5.41, 5.74) is 1.26. The zero-order chi connectivity index (χ0) is 18.0. The number of benzene rings is 2. The highest BCUT2D eigenvalue weighted by Crippen LogP contribution is 2.28. The summed E-state index contributed by atoms with van der Waals surface area (Å²) >= 11 is 5.84. The van der Waals surface area contributed by atoms with E-state index in [4.69, 9.17) is 11.6 Å². The second-order valence-electron chi connectivity index (χ2n) is 6.04.